The van der Waals surface area contributed by atoms with Gasteiger partial charge in [-0.3, -0.25) is 0 Å². The lowest BCUT2D eigenvalue weighted by Crippen LogP contribution is -2.29. The van der Waals surface area contributed by atoms with Gasteiger partial charge in [0.2, 0.25) is 0 Å². The van der Waals surface area contributed by atoms with Crippen LogP contribution in [0.3, 0.4) is 0 Å². The zero-order valence-corrected chi connectivity index (χ0v) is 29.8. The molecule has 9 aromatic carbocycles. The molecule has 54 heavy (non-hydrogen) atoms. The maximum Gasteiger partial charge on any atom is 0.0719 e. The number of fused-ring (bicyclic) bond motifs is 5. The van der Waals surface area contributed by atoms with Gasteiger partial charge in [0.05, 0.1) is 5.41 Å². The van der Waals surface area contributed by atoms with Crippen molar-refractivity contribution in [1.29, 1.82) is 0 Å². The van der Waals surface area contributed by atoms with Crippen LogP contribution in [0.2, 0.25) is 0 Å². The minimum absolute atomic E-state index is 0.555. The molecule has 0 atom stereocenters. The fourth-order valence-electron chi connectivity index (χ4n) is 8.82. The first kappa shape index (κ1) is 31.7. The number of benzene rings is 9. The molecule has 1 heteroatoms. The Morgan fingerprint density at radius 1 is 0.333 bits per heavy atom. The topological polar surface area (TPSA) is 3.24 Å². The van der Waals surface area contributed by atoms with Gasteiger partial charge in [0.15, 0.2) is 0 Å². The van der Waals surface area contributed by atoms with Crippen molar-refractivity contribution >= 4 is 27.8 Å². The minimum atomic E-state index is -0.555. The first-order valence-electron chi connectivity index (χ1n) is 18.7. The minimum Gasteiger partial charge on any atom is -0.310 e. The van der Waals surface area contributed by atoms with Crippen LogP contribution in [0.5, 0.6) is 0 Å². The Balaban J connectivity index is 1.32. The summed E-state index contributed by atoms with van der Waals surface area (Å²) >= 11 is 0. The molecular weight excluding hydrogens is 651 g/mol. The van der Waals surface area contributed by atoms with Crippen LogP contribution in [0.25, 0.3) is 44.2 Å². The second kappa shape index (κ2) is 13.2. The SMILES string of the molecule is c1ccc(-c2cccc(N(c3ccccc3)c3ccc4c(c3)-c3c(-c5ccccc5)cc5ccccc5c3C4(c3ccccc3)c3ccccc3)c2)cc1. The maximum atomic E-state index is 2.45. The summed E-state index contributed by atoms with van der Waals surface area (Å²) in [6.45, 7) is 0. The van der Waals surface area contributed by atoms with Gasteiger partial charge < -0.3 is 4.90 Å². The van der Waals surface area contributed by atoms with Crippen LogP contribution in [0.1, 0.15) is 22.3 Å². The van der Waals surface area contributed by atoms with E-state index >= 15 is 0 Å². The lowest BCUT2D eigenvalue weighted by Gasteiger charge is -2.35. The fourth-order valence-corrected chi connectivity index (χ4v) is 8.82. The molecule has 1 aliphatic carbocycles. The molecule has 0 saturated carbocycles. The Labute approximate surface area is 317 Å². The van der Waals surface area contributed by atoms with Gasteiger partial charge in [-0.15, -0.1) is 0 Å². The first-order chi connectivity index (χ1) is 26.8. The van der Waals surface area contributed by atoms with E-state index in [4.69, 9.17) is 0 Å². The van der Waals surface area contributed by atoms with E-state index in [1.165, 1.54) is 66.4 Å². The van der Waals surface area contributed by atoms with Gasteiger partial charge in [0.25, 0.3) is 0 Å². The second-order valence-electron chi connectivity index (χ2n) is 14.1. The molecule has 1 nitrogen and oxygen atoms in total. The van der Waals surface area contributed by atoms with Gasteiger partial charge >= 0.3 is 0 Å². The van der Waals surface area contributed by atoms with E-state index in [-0.39, 0.29) is 0 Å². The molecule has 9 aromatic rings. The Morgan fingerprint density at radius 3 is 1.52 bits per heavy atom. The average Bonchev–Trinajstić information content (AvgIpc) is 3.57. The van der Waals surface area contributed by atoms with Crippen LogP contribution >= 0.6 is 0 Å². The van der Waals surface area contributed by atoms with Crippen molar-refractivity contribution in [2.75, 3.05) is 4.90 Å². The molecule has 0 spiro atoms. The number of hydrogen-bond donors (Lipinski definition) is 0. The molecule has 0 fully saturated rings. The lowest BCUT2D eigenvalue weighted by molar-refractivity contribution is 0.775. The van der Waals surface area contributed by atoms with Gasteiger partial charge in [-0.2, -0.15) is 0 Å². The number of nitrogens with zero attached hydrogens (tertiary/aromatic N) is 1. The molecule has 0 amide bonds. The standard InChI is InChI=1S/C53H37N/c1-6-19-38(20-7-1)40-24-18-31-45(35-40)54(44-29-14-5-15-30-44)46-33-34-50-49(37-46)51-48(39-21-8-2-9-22-39)36-41-23-16-17-32-47(41)52(51)53(50,42-25-10-3-11-26-42)43-27-12-4-13-28-43/h1-37H. The highest BCUT2D eigenvalue weighted by atomic mass is 15.1. The molecule has 10 rings (SSSR count). The smallest absolute Gasteiger partial charge is 0.0719 e. The number of hydrogen-bond acceptors (Lipinski definition) is 1. The van der Waals surface area contributed by atoms with Crippen molar-refractivity contribution in [3.8, 4) is 33.4 Å². The highest BCUT2D eigenvalue weighted by Gasteiger charge is 2.48. The van der Waals surface area contributed by atoms with Crippen molar-refractivity contribution in [3.63, 3.8) is 0 Å². The van der Waals surface area contributed by atoms with E-state index in [0.717, 1.165) is 17.1 Å². The number of para-hydroxylation sites is 1. The van der Waals surface area contributed by atoms with Crippen molar-refractivity contribution < 1.29 is 0 Å². The summed E-state index contributed by atoms with van der Waals surface area (Å²) in [5.74, 6) is 0. The van der Waals surface area contributed by atoms with Crippen molar-refractivity contribution in [3.05, 3.63) is 247 Å². The summed E-state index contributed by atoms with van der Waals surface area (Å²) in [6, 6.07) is 82.0. The van der Waals surface area contributed by atoms with Crippen LogP contribution in [0.4, 0.5) is 17.1 Å². The largest absolute Gasteiger partial charge is 0.310 e. The highest BCUT2D eigenvalue weighted by Crippen LogP contribution is 2.61. The van der Waals surface area contributed by atoms with Crippen LogP contribution in [0, 0.1) is 0 Å². The van der Waals surface area contributed by atoms with Crippen molar-refractivity contribution in [2.24, 2.45) is 0 Å². The van der Waals surface area contributed by atoms with Gasteiger partial charge in [0.1, 0.15) is 0 Å². The predicted octanol–water partition coefficient (Wildman–Crippen LogP) is 14.0. The van der Waals surface area contributed by atoms with Gasteiger partial charge in [-0.05, 0) is 109 Å². The van der Waals surface area contributed by atoms with Gasteiger partial charge in [-0.1, -0.05) is 182 Å². The highest BCUT2D eigenvalue weighted by molar-refractivity contribution is 6.07. The van der Waals surface area contributed by atoms with E-state index < -0.39 is 5.41 Å². The summed E-state index contributed by atoms with van der Waals surface area (Å²) in [5.41, 5.74) is 15.3. The molecule has 0 aromatic heterocycles. The van der Waals surface area contributed by atoms with Crippen LogP contribution in [-0.2, 0) is 5.41 Å². The summed E-state index contributed by atoms with van der Waals surface area (Å²) in [6.07, 6.45) is 0. The molecule has 0 bridgehead atoms. The Morgan fingerprint density at radius 2 is 0.852 bits per heavy atom. The molecule has 0 aliphatic heterocycles. The molecule has 0 saturated heterocycles. The zero-order valence-electron chi connectivity index (χ0n) is 29.8. The van der Waals surface area contributed by atoms with E-state index in [0.29, 0.717) is 0 Å². The average molecular weight is 688 g/mol. The molecule has 0 unspecified atom stereocenters. The monoisotopic (exact) mass is 687 g/mol. The molecule has 0 radical (unpaired) electrons. The molecule has 1 aliphatic rings. The van der Waals surface area contributed by atoms with Gasteiger partial charge in [0, 0.05) is 17.1 Å². The van der Waals surface area contributed by atoms with E-state index in [1.807, 2.05) is 0 Å². The summed E-state index contributed by atoms with van der Waals surface area (Å²) in [5, 5.41) is 2.51. The Bertz CT molecular complexity index is 2700. The molecular formula is C53H37N. The van der Waals surface area contributed by atoms with Crippen LogP contribution in [0.15, 0.2) is 224 Å². The van der Waals surface area contributed by atoms with Crippen molar-refractivity contribution in [1.82, 2.24) is 0 Å². The molecule has 0 N–H and O–H groups in total. The van der Waals surface area contributed by atoms with E-state index in [9.17, 15) is 0 Å². The third kappa shape index (κ3) is 5.09. The summed E-state index contributed by atoms with van der Waals surface area (Å²) in [7, 11) is 0. The van der Waals surface area contributed by atoms with E-state index in [2.05, 4.69) is 229 Å². The third-order valence-electron chi connectivity index (χ3n) is 11.1. The number of rotatable bonds is 7. The van der Waals surface area contributed by atoms with Gasteiger partial charge in [-0.25, -0.2) is 0 Å². The fraction of sp³-hybridized carbons (Fsp3) is 0.0189. The Kier molecular flexibility index (Phi) is 7.78. The predicted molar refractivity (Wildman–Crippen MR) is 227 cm³/mol. The normalized spacial score (nSPS) is 12.6. The first-order valence-corrected chi connectivity index (χ1v) is 18.7. The molecule has 0 heterocycles. The third-order valence-corrected chi connectivity index (χ3v) is 11.1. The number of anilines is 3. The van der Waals surface area contributed by atoms with Crippen LogP contribution < -0.4 is 4.90 Å². The second-order valence-corrected chi connectivity index (χ2v) is 14.1. The quantitative estimate of drug-likeness (QED) is 0.161. The Hall–Kier alpha value is -6.96. The lowest BCUT2D eigenvalue weighted by atomic mass is 9.66. The zero-order chi connectivity index (χ0) is 35.9. The van der Waals surface area contributed by atoms with Crippen LogP contribution in [-0.4, -0.2) is 0 Å². The van der Waals surface area contributed by atoms with E-state index in [1.54, 1.807) is 0 Å². The maximum absolute atomic E-state index is 2.45. The summed E-state index contributed by atoms with van der Waals surface area (Å²) < 4.78 is 0. The summed E-state index contributed by atoms with van der Waals surface area (Å²) in [4.78, 5) is 2.40. The molecule has 254 valence electrons. The van der Waals surface area contributed by atoms with Crippen molar-refractivity contribution in [2.45, 2.75) is 5.41 Å².